The zero-order valence-electron chi connectivity index (χ0n) is 11.7. The Morgan fingerprint density at radius 3 is 2.84 bits per heavy atom. The van der Waals surface area contributed by atoms with Gasteiger partial charge < -0.3 is 14.8 Å². The highest BCUT2D eigenvalue weighted by Gasteiger charge is 2.13. The maximum atomic E-state index is 6.20. The minimum absolute atomic E-state index is 0.0227. The maximum absolute atomic E-state index is 6.20. The Hall–Kier alpha value is -1.69. The predicted octanol–water partition coefficient (Wildman–Crippen LogP) is 1.86. The topological polar surface area (TPSA) is 82.8 Å². The highest BCUT2D eigenvalue weighted by atomic mass is 16.5. The van der Waals surface area contributed by atoms with Gasteiger partial charge in [0, 0.05) is 32.1 Å². The summed E-state index contributed by atoms with van der Waals surface area (Å²) in [4.78, 5) is 8.38. The van der Waals surface area contributed by atoms with Crippen molar-refractivity contribution in [3.05, 3.63) is 29.9 Å². The molecular weight excluding hydrogens is 242 g/mol. The number of hydrogen-bond acceptors (Lipinski definition) is 5. The van der Waals surface area contributed by atoms with Gasteiger partial charge >= 0.3 is 0 Å². The number of aryl methyl sites for hydroxylation is 3. The summed E-state index contributed by atoms with van der Waals surface area (Å²) in [6.07, 6.45) is 5.32. The average molecular weight is 263 g/mol. The van der Waals surface area contributed by atoms with E-state index in [4.69, 9.17) is 10.3 Å². The monoisotopic (exact) mass is 263 g/mol. The fourth-order valence-corrected chi connectivity index (χ4v) is 2.12. The first-order valence-electron chi connectivity index (χ1n) is 6.61. The van der Waals surface area contributed by atoms with Crippen LogP contribution in [0.1, 0.15) is 43.7 Å². The SMILES string of the molecule is Cc1nc(CCn2cncc2C(N)CC(C)C)no1. The second-order valence-corrected chi connectivity index (χ2v) is 5.23. The van der Waals surface area contributed by atoms with Gasteiger partial charge in [0.15, 0.2) is 5.82 Å². The molecule has 0 aromatic carbocycles. The molecule has 0 aliphatic rings. The average Bonchev–Trinajstić information content (AvgIpc) is 2.93. The van der Waals surface area contributed by atoms with Crippen LogP contribution in [0.5, 0.6) is 0 Å². The van der Waals surface area contributed by atoms with Gasteiger partial charge in [-0.1, -0.05) is 19.0 Å². The Bertz CT molecular complexity index is 517. The van der Waals surface area contributed by atoms with Gasteiger partial charge in [0.25, 0.3) is 0 Å². The molecule has 2 N–H and O–H groups in total. The van der Waals surface area contributed by atoms with Gasteiger partial charge in [-0.25, -0.2) is 4.98 Å². The van der Waals surface area contributed by atoms with E-state index in [9.17, 15) is 0 Å². The van der Waals surface area contributed by atoms with Crippen LogP contribution in [0.4, 0.5) is 0 Å². The van der Waals surface area contributed by atoms with Crippen LogP contribution in [-0.4, -0.2) is 19.7 Å². The Kier molecular flexibility index (Phi) is 4.31. The molecule has 0 radical (unpaired) electrons. The van der Waals surface area contributed by atoms with E-state index in [-0.39, 0.29) is 6.04 Å². The van der Waals surface area contributed by atoms with Crippen molar-refractivity contribution in [2.24, 2.45) is 11.7 Å². The van der Waals surface area contributed by atoms with E-state index in [1.807, 2.05) is 12.5 Å². The van der Waals surface area contributed by atoms with E-state index in [2.05, 4.69) is 33.5 Å². The molecule has 0 aliphatic heterocycles. The van der Waals surface area contributed by atoms with Gasteiger partial charge in [0.2, 0.25) is 5.89 Å². The number of imidazole rings is 1. The standard InChI is InChI=1S/C13H21N5O/c1-9(2)6-11(14)12-7-15-8-18(12)5-4-13-16-10(3)19-17-13/h7-9,11H,4-6,14H2,1-3H3. The van der Waals surface area contributed by atoms with E-state index >= 15 is 0 Å². The molecular formula is C13H21N5O. The second kappa shape index (κ2) is 5.97. The lowest BCUT2D eigenvalue weighted by molar-refractivity contribution is 0.386. The third-order valence-corrected chi connectivity index (χ3v) is 3.00. The largest absolute Gasteiger partial charge is 0.340 e. The van der Waals surface area contributed by atoms with Crippen LogP contribution in [0.3, 0.4) is 0 Å². The maximum Gasteiger partial charge on any atom is 0.223 e. The predicted molar refractivity (Wildman–Crippen MR) is 71.3 cm³/mol. The zero-order valence-corrected chi connectivity index (χ0v) is 11.7. The first-order chi connectivity index (χ1) is 9.06. The molecule has 19 heavy (non-hydrogen) atoms. The van der Waals surface area contributed by atoms with Gasteiger partial charge in [-0.05, 0) is 12.3 Å². The lowest BCUT2D eigenvalue weighted by Crippen LogP contribution is -2.18. The highest BCUT2D eigenvalue weighted by molar-refractivity contribution is 5.05. The number of rotatable bonds is 6. The van der Waals surface area contributed by atoms with E-state index in [1.165, 1.54) is 0 Å². The molecule has 2 aromatic heterocycles. The fourth-order valence-electron chi connectivity index (χ4n) is 2.12. The van der Waals surface area contributed by atoms with Crippen molar-refractivity contribution in [2.45, 2.75) is 46.2 Å². The van der Waals surface area contributed by atoms with Gasteiger partial charge in [-0.3, -0.25) is 0 Å². The smallest absolute Gasteiger partial charge is 0.223 e. The summed E-state index contributed by atoms with van der Waals surface area (Å²) in [5.41, 5.74) is 7.27. The summed E-state index contributed by atoms with van der Waals surface area (Å²) < 4.78 is 7.02. The summed E-state index contributed by atoms with van der Waals surface area (Å²) in [5.74, 6) is 1.88. The molecule has 6 nitrogen and oxygen atoms in total. The Morgan fingerprint density at radius 2 is 2.21 bits per heavy atom. The van der Waals surface area contributed by atoms with Crippen molar-refractivity contribution in [1.82, 2.24) is 19.7 Å². The van der Waals surface area contributed by atoms with Crippen molar-refractivity contribution in [1.29, 1.82) is 0 Å². The first-order valence-corrected chi connectivity index (χ1v) is 6.61. The molecule has 2 aromatic rings. The number of aromatic nitrogens is 4. The van der Waals surface area contributed by atoms with E-state index < -0.39 is 0 Å². The van der Waals surface area contributed by atoms with Gasteiger partial charge in [-0.2, -0.15) is 4.98 Å². The van der Waals surface area contributed by atoms with Crippen LogP contribution in [-0.2, 0) is 13.0 Å². The molecule has 2 rings (SSSR count). The molecule has 0 saturated heterocycles. The summed E-state index contributed by atoms with van der Waals surface area (Å²) in [6, 6.07) is 0.0227. The molecule has 0 amide bonds. The third kappa shape index (κ3) is 3.64. The molecule has 0 saturated carbocycles. The number of hydrogen-bond donors (Lipinski definition) is 1. The lowest BCUT2D eigenvalue weighted by atomic mass is 10.0. The van der Waals surface area contributed by atoms with Crippen molar-refractivity contribution < 1.29 is 4.52 Å². The van der Waals surface area contributed by atoms with Gasteiger partial charge in [-0.15, -0.1) is 0 Å². The van der Waals surface area contributed by atoms with Crippen molar-refractivity contribution >= 4 is 0 Å². The lowest BCUT2D eigenvalue weighted by Gasteiger charge is -2.16. The van der Waals surface area contributed by atoms with E-state index in [1.54, 1.807) is 6.92 Å². The minimum Gasteiger partial charge on any atom is -0.340 e. The molecule has 0 aliphatic carbocycles. The normalized spacial score (nSPS) is 13.1. The highest BCUT2D eigenvalue weighted by Crippen LogP contribution is 2.18. The minimum atomic E-state index is 0.0227. The van der Waals surface area contributed by atoms with Crippen LogP contribution in [0.15, 0.2) is 17.0 Å². The molecule has 0 bridgehead atoms. The van der Waals surface area contributed by atoms with Gasteiger partial charge in [0.05, 0.1) is 12.0 Å². The Morgan fingerprint density at radius 1 is 1.42 bits per heavy atom. The fraction of sp³-hybridized carbons (Fsp3) is 0.615. The zero-order chi connectivity index (χ0) is 13.8. The van der Waals surface area contributed by atoms with Crippen LogP contribution in [0, 0.1) is 12.8 Å². The van der Waals surface area contributed by atoms with Gasteiger partial charge in [0.1, 0.15) is 0 Å². The summed E-state index contributed by atoms with van der Waals surface area (Å²) in [7, 11) is 0. The summed E-state index contributed by atoms with van der Waals surface area (Å²) in [6.45, 7) is 6.89. The quantitative estimate of drug-likeness (QED) is 0.860. The second-order valence-electron chi connectivity index (χ2n) is 5.23. The molecule has 0 spiro atoms. The summed E-state index contributed by atoms with van der Waals surface area (Å²) in [5, 5.41) is 3.89. The molecule has 1 unspecified atom stereocenters. The van der Waals surface area contributed by atoms with E-state index in [0.717, 1.165) is 30.9 Å². The van der Waals surface area contributed by atoms with Crippen molar-refractivity contribution in [3.63, 3.8) is 0 Å². The molecule has 2 heterocycles. The molecule has 6 heteroatoms. The van der Waals surface area contributed by atoms with Crippen LogP contribution in [0.25, 0.3) is 0 Å². The van der Waals surface area contributed by atoms with Crippen LogP contribution in [0.2, 0.25) is 0 Å². The molecule has 1 atom stereocenters. The van der Waals surface area contributed by atoms with E-state index in [0.29, 0.717) is 11.8 Å². The molecule has 104 valence electrons. The van der Waals surface area contributed by atoms with Crippen LogP contribution < -0.4 is 5.73 Å². The Balaban J connectivity index is 1.99. The first kappa shape index (κ1) is 13.7. The van der Waals surface area contributed by atoms with Crippen LogP contribution >= 0.6 is 0 Å². The number of nitrogens with zero attached hydrogens (tertiary/aromatic N) is 4. The number of nitrogens with two attached hydrogens (primary N) is 1. The Labute approximate surface area is 113 Å². The molecule has 0 fully saturated rings. The van der Waals surface area contributed by atoms with Crippen molar-refractivity contribution in [2.75, 3.05) is 0 Å². The third-order valence-electron chi connectivity index (χ3n) is 3.00. The van der Waals surface area contributed by atoms with Crippen molar-refractivity contribution in [3.8, 4) is 0 Å². The summed E-state index contributed by atoms with van der Waals surface area (Å²) >= 11 is 0.